The van der Waals surface area contributed by atoms with E-state index in [1.54, 1.807) is 4.90 Å². The van der Waals surface area contributed by atoms with E-state index in [1.165, 1.54) is 0 Å². The Balaban J connectivity index is 1.39. The van der Waals surface area contributed by atoms with Crippen molar-refractivity contribution in [3.8, 4) is 5.75 Å². The van der Waals surface area contributed by atoms with Gasteiger partial charge in [-0.2, -0.15) is 5.10 Å². The summed E-state index contributed by atoms with van der Waals surface area (Å²) in [6, 6.07) is 6.26. The van der Waals surface area contributed by atoms with E-state index in [1.807, 2.05) is 31.6 Å². The van der Waals surface area contributed by atoms with Gasteiger partial charge in [0.05, 0.1) is 31.9 Å². The number of carbonyl (C=O) groups is 1. The van der Waals surface area contributed by atoms with Gasteiger partial charge in [-0.1, -0.05) is 12.1 Å². The Morgan fingerprint density at radius 2 is 2.10 bits per heavy atom. The molecule has 1 amide bonds. The summed E-state index contributed by atoms with van der Waals surface area (Å²) in [6.45, 7) is 10.1. The number of carbonyl (C=O) groups excluding carboxylic acids is 1. The van der Waals surface area contributed by atoms with Gasteiger partial charge in [-0.15, -0.1) is 0 Å². The van der Waals surface area contributed by atoms with Crippen molar-refractivity contribution in [1.29, 1.82) is 0 Å². The molecule has 1 unspecified atom stereocenters. The largest absolute Gasteiger partial charge is 0.465 e. The molecule has 0 spiro atoms. The molecule has 3 heterocycles. The van der Waals surface area contributed by atoms with Gasteiger partial charge in [0.25, 0.3) is 0 Å². The second-order valence-corrected chi connectivity index (χ2v) is 9.15. The van der Waals surface area contributed by atoms with Crippen LogP contribution >= 0.6 is 0 Å². The van der Waals surface area contributed by atoms with Crippen LogP contribution in [0.15, 0.2) is 24.4 Å². The number of amides is 1. The lowest BCUT2D eigenvalue weighted by Crippen LogP contribution is -2.33. The predicted octanol–water partition coefficient (Wildman–Crippen LogP) is 4.40. The highest BCUT2D eigenvalue weighted by Crippen LogP contribution is 2.26. The van der Waals surface area contributed by atoms with Gasteiger partial charge in [0.15, 0.2) is 6.29 Å². The first-order valence-electron chi connectivity index (χ1n) is 10.7. The van der Waals surface area contributed by atoms with E-state index >= 15 is 0 Å². The van der Waals surface area contributed by atoms with Crippen LogP contribution in [0.5, 0.6) is 5.75 Å². The molecule has 1 aromatic heterocycles. The maximum atomic E-state index is 12.3. The second-order valence-electron chi connectivity index (χ2n) is 9.15. The lowest BCUT2D eigenvalue weighted by Gasteiger charge is -2.24. The SMILES string of the molecule is Cc1ccc(Cn2cc3c(n2)CN(C(=O)OC(C)(C)C)C3)cc1OC1CCCCO1. The Morgan fingerprint density at radius 3 is 2.80 bits per heavy atom. The van der Waals surface area contributed by atoms with E-state index in [9.17, 15) is 4.79 Å². The van der Waals surface area contributed by atoms with Crippen LogP contribution in [0, 0.1) is 6.92 Å². The molecular formula is C23H31N3O4. The fourth-order valence-electron chi connectivity index (χ4n) is 3.75. The summed E-state index contributed by atoms with van der Waals surface area (Å²) in [6.07, 6.45) is 4.75. The normalized spacial score (nSPS) is 18.9. The summed E-state index contributed by atoms with van der Waals surface area (Å²) < 4.78 is 19.2. The third-order valence-corrected chi connectivity index (χ3v) is 5.27. The van der Waals surface area contributed by atoms with Crippen molar-refractivity contribution in [3.05, 3.63) is 46.8 Å². The molecule has 0 radical (unpaired) electrons. The molecule has 1 saturated heterocycles. The van der Waals surface area contributed by atoms with Crippen molar-refractivity contribution >= 4 is 6.09 Å². The number of ether oxygens (including phenoxy) is 3. The van der Waals surface area contributed by atoms with Crippen molar-refractivity contribution in [2.45, 2.75) is 78.5 Å². The van der Waals surface area contributed by atoms with Crippen LogP contribution in [-0.4, -0.2) is 39.3 Å². The highest BCUT2D eigenvalue weighted by Gasteiger charge is 2.30. The second kappa shape index (κ2) is 8.30. The zero-order chi connectivity index (χ0) is 21.3. The van der Waals surface area contributed by atoms with Gasteiger partial charge < -0.3 is 14.2 Å². The highest BCUT2D eigenvalue weighted by molar-refractivity contribution is 5.69. The first-order valence-corrected chi connectivity index (χ1v) is 10.7. The Kier molecular flexibility index (Phi) is 5.73. The minimum Gasteiger partial charge on any atom is -0.465 e. The van der Waals surface area contributed by atoms with Crippen LogP contribution in [-0.2, 0) is 29.1 Å². The number of hydrogen-bond donors (Lipinski definition) is 0. The number of benzene rings is 1. The van der Waals surface area contributed by atoms with Crippen LogP contribution < -0.4 is 4.74 Å². The van der Waals surface area contributed by atoms with Gasteiger partial charge in [-0.25, -0.2) is 4.79 Å². The van der Waals surface area contributed by atoms with Crippen molar-refractivity contribution in [1.82, 2.24) is 14.7 Å². The summed E-state index contributed by atoms with van der Waals surface area (Å²) in [4.78, 5) is 14.0. The molecule has 0 saturated carbocycles. The molecule has 0 aliphatic carbocycles. The number of fused-ring (bicyclic) bond motifs is 1. The summed E-state index contributed by atoms with van der Waals surface area (Å²) in [5.41, 5.74) is 3.73. The zero-order valence-corrected chi connectivity index (χ0v) is 18.3. The molecule has 1 fully saturated rings. The number of hydrogen-bond acceptors (Lipinski definition) is 5. The Hall–Kier alpha value is -2.54. The molecule has 2 aliphatic rings. The van der Waals surface area contributed by atoms with Crippen LogP contribution in [0.2, 0.25) is 0 Å². The average Bonchev–Trinajstić information content (AvgIpc) is 3.23. The Bertz CT molecular complexity index is 886. The third-order valence-electron chi connectivity index (χ3n) is 5.27. The molecule has 0 N–H and O–H groups in total. The number of aromatic nitrogens is 2. The molecule has 2 aromatic rings. The summed E-state index contributed by atoms with van der Waals surface area (Å²) >= 11 is 0. The van der Waals surface area contributed by atoms with Gasteiger partial charge >= 0.3 is 6.09 Å². The summed E-state index contributed by atoms with van der Waals surface area (Å²) in [5, 5.41) is 4.68. The fourth-order valence-corrected chi connectivity index (χ4v) is 3.75. The Morgan fingerprint density at radius 1 is 1.27 bits per heavy atom. The summed E-state index contributed by atoms with van der Waals surface area (Å²) in [5.74, 6) is 0.871. The topological polar surface area (TPSA) is 65.8 Å². The molecule has 30 heavy (non-hydrogen) atoms. The molecule has 7 nitrogen and oxygen atoms in total. The number of rotatable bonds is 4. The third kappa shape index (κ3) is 4.95. The molecule has 7 heteroatoms. The zero-order valence-electron chi connectivity index (χ0n) is 18.3. The van der Waals surface area contributed by atoms with Crippen LogP contribution in [0.4, 0.5) is 4.79 Å². The van der Waals surface area contributed by atoms with Crippen molar-refractivity contribution < 1.29 is 19.0 Å². The maximum Gasteiger partial charge on any atom is 0.410 e. The molecule has 162 valence electrons. The first-order chi connectivity index (χ1) is 14.3. The lowest BCUT2D eigenvalue weighted by molar-refractivity contribution is -0.106. The maximum absolute atomic E-state index is 12.3. The number of aryl methyl sites for hydroxylation is 1. The first kappa shape index (κ1) is 20.7. The average molecular weight is 414 g/mol. The van der Waals surface area contributed by atoms with E-state index in [4.69, 9.17) is 14.2 Å². The van der Waals surface area contributed by atoms with E-state index in [0.717, 1.165) is 54.0 Å². The van der Waals surface area contributed by atoms with Crippen molar-refractivity contribution in [2.24, 2.45) is 0 Å². The van der Waals surface area contributed by atoms with Crippen LogP contribution in [0.25, 0.3) is 0 Å². The quantitative estimate of drug-likeness (QED) is 0.743. The molecule has 4 rings (SSSR count). The highest BCUT2D eigenvalue weighted by atomic mass is 16.7. The molecule has 2 aliphatic heterocycles. The predicted molar refractivity (Wildman–Crippen MR) is 112 cm³/mol. The van der Waals surface area contributed by atoms with E-state index in [-0.39, 0.29) is 12.4 Å². The fraction of sp³-hybridized carbons (Fsp3) is 0.565. The van der Waals surface area contributed by atoms with Crippen molar-refractivity contribution in [3.63, 3.8) is 0 Å². The molecule has 0 bridgehead atoms. The van der Waals surface area contributed by atoms with Gasteiger partial charge in [0.1, 0.15) is 11.4 Å². The van der Waals surface area contributed by atoms with E-state index in [0.29, 0.717) is 19.6 Å². The molecule has 1 aromatic carbocycles. The van der Waals surface area contributed by atoms with Crippen LogP contribution in [0.3, 0.4) is 0 Å². The minimum absolute atomic E-state index is 0.153. The van der Waals surface area contributed by atoms with Gasteiger partial charge in [-0.3, -0.25) is 9.58 Å². The lowest BCUT2D eigenvalue weighted by atomic mass is 10.1. The van der Waals surface area contributed by atoms with E-state index < -0.39 is 5.60 Å². The minimum atomic E-state index is -0.495. The molecule has 1 atom stereocenters. The monoisotopic (exact) mass is 413 g/mol. The van der Waals surface area contributed by atoms with Crippen LogP contribution in [0.1, 0.15) is 62.4 Å². The van der Waals surface area contributed by atoms with Crippen molar-refractivity contribution in [2.75, 3.05) is 6.61 Å². The van der Waals surface area contributed by atoms with E-state index in [2.05, 4.69) is 30.2 Å². The number of nitrogens with zero attached hydrogens (tertiary/aromatic N) is 3. The van der Waals surface area contributed by atoms with Gasteiger partial charge in [0.2, 0.25) is 0 Å². The van der Waals surface area contributed by atoms with Gasteiger partial charge in [0, 0.05) is 18.2 Å². The summed E-state index contributed by atoms with van der Waals surface area (Å²) in [7, 11) is 0. The smallest absolute Gasteiger partial charge is 0.410 e. The standard InChI is InChI=1S/C23H31N3O4/c1-16-8-9-17(11-20(16)29-21-7-5-6-10-28-21)12-26-14-18-13-25(15-19(18)24-26)22(27)30-23(2,3)4/h8-9,11,14,21H,5-7,10,12-13,15H2,1-4H3. The van der Waals surface area contributed by atoms with Gasteiger partial charge in [-0.05, 0) is 57.7 Å². The Labute approximate surface area is 177 Å². The molecular weight excluding hydrogens is 382 g/mol.